The molecule has 0 atom stereocenters. The lowest BCUT2D eigenvalue weighted by atomic mass is 9.91. The van der Waals surface area contributed by atoms with Crippen LogP contribution in [0, 0.1) is 5.92 Å². The molecule has 1 aliphatic heterocycles. The second kappa shape index (κ2) is 10.2. The monoisotopic (exact) mass is 377 g/mol. The average Bonchev–Trinajstić information content (AvgIpc) is 2.90. The number of hydrogen-bond donors (Lipinski definition) is 2. The Hall–Kier alpha value is -1.26. The van der Waals surface area contributed by atoms with Crippen molar-refractivity contribution in [2.24, 2.45) is 5.92 Å². The van der Waals surface area contributed by atoms with Crippen LogP contribution in [-0.4, -0.2) is 38.6 Å². The number of halogens is 1. The van der Waals surface area contributed by atoms with E-state index in [1.165, 1.54) is 44.9 Å². The predicted octanol–water partition coefficient (Wildman–Crippen LogP) is 4.23. The molecule has 2 fully saturated rings. The summed E-state index contributed by atoms with van der Waals surface area (Å²) in [7, 11) is 0. The number of rotatable bonds is 4. The van der Waals surface area contributed by atoms with E-state index in [1.54, 1.807) is 0 Å². The van der Waals surface area contributed by atoms with E-state index in [4.69, 9.17) is 11.6 Å². The topological polar surface area (TPSA) is 44.4 Å². The zero-order chi connectivity index (χ0) is 18.2. The molecule has 0 radical (unpaired) electrons. The highest BCUT2D eigenvalue weighted by atomic mass is 35.5. The minimum Gasteiger partial charge on any atom is -0.370 e. The summed E-state index contributed by atoms with van der Waals surface area (Å²) in [6.07, 6.45) is 10.2. The molecule has 26 heavy (non-hydrogen) atoms. The number of carbonyl (C=O) groups excluding carboxylic acids is 1. The predicted molar refractivity (Wildman–Crippen MR) is 109 cm³/mol. The summed E-state index contributed by atoms with van der Waals surface area (Å²) in [5, 5.41) is 7.10. The van der Waals surface area contributed by atoms with E-state index in [9.17, 15) is 4.79 Å². The van der Waals surface area contributed by atoms with E-state index in [0.717, 1.165) is 44.8 Å². The van der Waals surface area contributed by atoms with Crippen LogP contribution in [0.4, 0.5) is 5.69 Å². The van der Waals surface area contributed by atoms with E-state index in [-0.39, 0.29) is 5.91 Å². The Morgan fingerprint density at radius 3 is 2.65 bits per heavy atom. The van der Waals surface area contributed by atoms with Crippen molar-refractivity contribution in [1.82, 2.24) is 10.6 Å². The summed E-state index contributed by atoms with van der Waals surface area (Å²) in [6, 6.07) is 5.85. The third-order valence-electron chi connectivity index (χ3n) is 5.68. The van der Waals surface area contributed by atoms with Gasteiger partial charge in [-0.1, -0.05) is 43.7 Å². The van der Waals surface area contributed by atoms with Crippen LogP contribution >= 0.6 is 11.6 Å². The van der Waals surface area contributed by atoms with E-state index < -0.39 is 0 Å². The summed E-state index contributed by atoms with van der Waals surface area (Å²) in [4.78, 5) is 15.1. The maximum atomic E-state index is 12.7. The van der Waals surface area contributed by atoms with Crippen LogP contribution in [0.3, 0.4) is 0 Å². The third kappa shape index (κ3) is 5.62. The Balaban J connectivity index is 1.61. The number of benzene rings is 1. The van der Waals surface area contributed by atoms with Gasteiger partial charge in [0.05, 0.1) is 10.6 Å². The van der Waals surface area contributed by atoms with Crippen LogP contribution in [0.5, 0.6) is 0 Å². The van der Waals surface area contributed by atoms with Gasteiger partial charge in [-0.25, -0.2) is 0 Å². The lowest BCUT2D eigenvalue weighted by Gasteiger charge is -2.23. The van der Waals surface area contributed by atoms with Crippen molar-refractivity contribution in [1.29, 1.82) is 0 Å². The van der Waals surface area contributed by atoms with Gasteiger partial charge in [0.25, 0.3) is 5.91 Å². The number of anilines is 1. The molecule has 1 heterocycles. The first-order valence-corrected chi connectivity index (χ1v) is 10.7. The number of hydrogen-bond acceptors (Lipinski definition) is 3. The number of amides is 1. The molecule has 1 saturated heterocycles. The number of nitrogens with zero attached hydrogens (tertiary/aromatic N) is 1. The summed E-state index contributed by atoms with van der Waals surface area (Å²) < 4.78 is 0. The van der Waals surface area contributed by atoms with Crippen molar-refractivity contribution in [3.8, 4) is 0 Å². The molecule has 0 spiro atoms. The second-order valence-electron chi connectivity index (χ2n) is 7.68. The molecular weight excluding hydrogens is 346 g/mol. The second-order valence-corrected chi connectivity index (χ2v) is 8.08. The lowest BCUT2D eigenvalue weighted by molar-refractivity contribution is 0.0945. The standard InChI is InChI=1S/C21H32ClN3O/c22-20-10-9-18(25-13-6-11-23-12-14-25)15-19(20)21(26)24-16-17-7-4-2-1-3-5-8-17/h9-10,15,17,23H,1-8,11-14,16H2,(H,24,26). The highest BCUT2D eigenvalue weighted by Gasteiger charge is 2.17. The van der Waals surface area contributed by atoms with E-state index in [0.29, 0.717) is 16.5 Å². The van der Waals surface area contributed by atoms with Crippen molar-refractivity contribution in [2.45, 2.75) is 51.4 Å². The van der Waals surface area contributed by atoms with Gasteiger partial charge in [-0.15, -0.1) is 0 Å². The minimum atomic E-state index is -0.0353. The third-order valence-corrected chi connectivity index (χ3v) is 6.01. The molecule has 1 aromatic carbocycles. The molecule has 1 aromatic rings. The fourth-order valence-electron chi connectivity index (χ4n) is 4.06. The smallest absolute Gasteiger partial charge is 0.252 e. The van der Waals surface area contributed by atoms with Gasteiger partial charge < -0.3 is 15.5 Å². The van der Waals surface area contributed by atoms with Crippen LogP contribution in [0.25, 0.3) is 0 Å². The van der Waals surface area contributed by atoms with E-state index in [1.807, 2.05) is 18.2 Å². The molecule has 2 aliphatic rings. The molecule has 3 rings (SSSR count). The van der Waals surface area contributed by atoms with Gasteiger partial charge in [-0.05, 0) is 49.9 Å². The Labute approximate surface area is 162 Å². The molecule has 144 valence electrons. The fourth-order valence-corrected chi connectivity index (χ4v) is 4.27. The zero-order valence-electron chi connectivity index (χ0n) is 15.7. The molecule has 0 aromatic heterocycles. The Kier molecular flexibility index (Phi) is 7.63. The number of nitrogens with one attached hydrogen (secondary N) is 2. The van der Waals surface area contributed by atoms with Gasteiger partial charge in [0.15, 0.2) is 0 Å². The first kappa shape index (κ1) is 19.5. The first-order valence-electron chi connectivity index (χ1n) is 10.3. The van der Waals surface area contributed by atoms with Gasteiger partial charge in [0.2, 0.25) is 0 Å². The highest BCUT2D eigenvalue weighted by Crippen LogP contribution is 2.25. The largest absolute Gasteiger partial charge is 0.370 e. The average molecular weight is 378 g/mol. The molecule has 1 aliphatic carbocycles. The van der Waals surface area contributed by atoms with Gasteiger partial charge in [-0.2, -0.15) is 0 Å². The maximum absolute atomic E-state index is 12.7. The molecule has 2 N–H and O–H groups in total. The van der Waals surface area contributed by atoms with Crippen LogP contribution < -0.4 is 15.5 Å². The van der Waals surface area contributed by atoms with Crippen LogP contribution in [0.15, 0.2) is 18.2 Å². The van der Waals surface area contributed by atoms with Gasteiger partial charge in [0, 0.05) is 31.9 Å². The molecule has 1 saturated carbocycles. The summed E-state index contributed by atoms with van der Waals surface area (Å²) >= 11 is 6.34. The van der Waals surface area contributed by atoms with Gasteiger partial charge in [0.1, 0.15) is 0 Å². The molecule has 5 heteroatoms. The number of carbonyl (C=O) groups is 1. The highest BCUT2D eigenvalue weighted by molar-refractivity contribution is 6.34. The van der Waals surface area contributed by atoms with Crippen molar-refractivity contribution in [2.75, 3.05) is 37.6 Å². The van der Waals surface area contributed by atoms with Crippen molar-refractivity contribution in [3.63, 3.8) is 0 Å². The molecule has 0 bridgehead atoms. The lowest BCUT2D eigenvalue weighted by Crippen LogP contribution is -2.31. The molecule has 0 unspecified atom stereocenters. The quantitative estimate of drug-likeness (QED) is 0.825. The SMILES string of the molecule is O=C(NCC1CCCCCCC1)c1cc(N2CCCNCC2)ccc1Cl. The van der Waals surface area contributed by atoms with Gasteiger partial charge >= 0.3 is 0 Å². The normalized spacial score (nSPS) is 20.1. The van der Waals surface area contributed by atoms with E-state index in [2.05, 4.69) is 15.5 Å². The summed E-state index contributed by atoms with van der Waals surface area (Å²) in [5.41, 5.74) is 1.70. The van der Waals surface area contributed by atoms with Crippen molar-refractivity contribution >= 4 is 23.2 Å². The fraction of sp³-hybridized carbons (Fsp3) is 0.667. The molecular formula is C21H32ClN3O. The minimum absolute atomic E-state index is 0.0353. The van der Waals surface area contributed by atoms with Crippen LogP contribution in [0.1, 0.15) is 61.7 Å². The summed E-state index contributed by atoms with van der Waals surface area (Å²) in [5.74, 6) is 0.574. The van der Waals surface area contributed by atoms with Crippen molar-refractivity contribution in [3.05, 3.63) is 28.8 Å². The first-order chi connectivity index (χ1) is 12.7. The van der Waals surface area contributed by atoms with Crippen molar-refractivity contribution < 1.29 is 4.79 Å². The Bertz CT molecular complexity index is 577. The summed E-state index contributed by atoms with van der Waals surface area (Å²) in [6.45, 7) is 4.78. The molecule has 1 amide bonds. The maximum Gasteiger partial charge on any atom is 0.252 e. The zero-order valence-corrected chi connectivity index (χ0v) is 16.5. The Morgan fingerprint density at radius 1 is 1.08 bits per heavy atom. The van der Waals surface area contributed by atoms with Crippen LogP contribution in [-0.2, 0) is 0 Å². The molecule has 4 nitrogen and oxygen atoms in total. The van der Waals surface area contributed by atoms with Crippen LogP contribution in [0.2, 0.25) is 5.02 Å². The Morgan fingerprint density at radius 2 is 1.85 bits per heavy atom. The van der Waals surface area contributed by atoms with Gasteiger partial charge in [-0.3, -0.25) is 4.79 Å². The van der Waals surface area contributed by atoms with E-state index >= 15 is 0 Å².